The molecule has 0 radical (unpaired) electrons. The van der Waals surface area contributed by atoms with Crippen molar-refractivity contribution in [2.75, 3.05) is 0 Å². The number of carbonyl (C=O) groups is 1. The summed E-state index contributed by atoms with van der Waals surface area (Å²) in [6.45, 7) is 0. The van der Waals surface area contributed by atoms with Gasteiger partial charge in [-0.2, -0.15) is 34.9 Å². The molecule has 0 fully saturated rings. The summed E-state index contributed by atoms with van der Waals surface area (Å²) in [5.41, 5.74) is -4.04. The van der Waals surface area contributed by atoms with Gasteiger partial charge in [-0.25, -0.2) is 0 Å². The van der Waals surface area contributed by atoms with Gasteiger partial charge in [-0.3, -0.25) is 19.9 Å². The van der Waals surface area contributed by atoms with Crippen molar-refractivity contribution in [2.24, 2.45) is 9.36 Å². The third kappa shape index (κ3) is 5.70. The molecule has 0 atom stereocenters. The largest absolute Gasteiger partial charge is 0.504 e. The van der Waals surface area contributed by atoms with E-state index < -0.39 is 62.9 Å². The highest BCUT2D eigenvalue weighted by molar-refractivity contribution is 7.54. The van der Waals surface area contributed by atoms with Crippen molar-refractivity contribution >= 4 is 40.5 Å². The zero-order valence-corrected chi connectivity index (χ0v) is 13.2. The monoisotopic (exact) mass is 417 g/mol. The predicted octanol–water partition coefficient (Wildman–Crippen LogP) is 3.83. The lowest BCUT2D eigenvalue weighted by atomic mass is 10.1. The molecule has 8 nitrogen and oxygen atoms in total. The number of benzene rings is 1. The minimum absolute atomic E-state index is 0.272. The van der Waals surface area contributed by atoms with E-state index in [-0.39, 0.29) is 6.21 Å². The smallest absolute Gasteiger partial charge is 0.455 e. The zero-order valence-electron chi connectivity index (χ0n) is 12.4. The third-order valence-electron chi connectivity index (χ3n) is 2.66. The van der Waals surface area contributed by atoms with E-state index in [4.69, 9.17) is 5.11 Å². The number of hydrogen-bond donors (Lipinski definition) is 1. The first-order valence-corrected chi connectivity index (χ1v) is 6.93. The Kier molecular flexibility index (Phi) is 6.56. The van der Waals surface area contributed by atoms with E-state index in [0.717, 1.165) is 12.1 Å². The first kappa shape index (κ1) is 21.9. The first-order chi connectivity index (χ1) is 12.3. The van der Waals surface area contributed by atoms with Crippen LogP contribution in [0.4, 0.5) is 43.4 Å². The topological polar surface area (TPSA) is 122 Å². The number of ketones is 1. The number of nitrogens with zero attached hydrogens (tertiary/aromatic N) is 3. The number of allylic oxidation sites excluding steroid dienone is 2. The summed E-state index contributed by atoms with van der Waals surface area (Å²) in [5.74, 6) is -5.92. The van der Waals surface area contributed by atoms with Gasteiger partial charge in [0.1, 0.15) is 5.69 Å². The number of nitro groups is 1. The number of aliphatic hydroxyl groups excluding tert-OH is 1. The number of Topliss-reactive ketones (excluding diaryl/α,β-unsaturated/α-hetero) is 1. The van der Waals surface area contributed by atoms with Gasteiger partial charge in [0, 0.05) is 18.3 Å². The average Bonchev–Trinajstić information content (AvgIpc) is 2.54. The van der Waals surface area contributed by atoms with E-state index in [2.05, 4.69) is 9.36 Å². The summed E-state index contributed by atoms with van der Waals surface area (Å²) < 4.78 is 88.5. The molecule has 1 N–H and O–H groups in total. The second-order valence-corrected chi connectivity index (χ2v) is 4.77. The maximum atomic E-state index is 12.5. The summed E-state index contributed by atoms with van der Waals surface area (Å²) in [4.78, 5) is 24.0. The second-order valence-electron chi connectivity index (χ2n) is 4.44. The number of hydrogen-bond acceptors (Lipinski definition) is 7. The summed E-state index contributed by atoms with van der Waals surface area (Å²) in [5, 5.41) is 19.6. The van der Waals surface area contributed by atoms with Crippen LogP contribution in [0.3, 0.4) is 0 Å². The normalized spacial score (nSPS) is 13.3. The van der Waals surface area contributed by atoms with Crippen LogP contribution in [0.2, 0.25) is 0 Å². The number of carbonyl (C=O) groups excluding carboxylic acids is 1. The Balaban J connectivity index is 3.61. The average molecular weight is 417 g/mol. The van der Waals surface area contributed by atoms with Crippen LogP contribution in [0.5, 0.6) is 0 Å². The van der Waals surface area contributed by atoms with E-state index in [1.165, 1.54) is 0 Å². The molecule has 0 saturated heterocycles. The molecular weight excluding hydrogens is 412 g/mol. The fourth-order valence-electron chi connectivity index (χ4n) is 1.51. The molecule has 0 aliphatic heterocycles. The Morgan fingerprint density at radius 1 is 1.15 bits per heavy atom. The Bertz CT molecular complexity index is 886. The van der Waals surface area contributed by atoms with Gasteiger partial charge in [0.2, 0.25) is 17.2 Å². The molecule has 0 aliphatic carbocycles. The fourth-order valence-corrected chi connectivity index (χ4v) is 1.75. The zero-order chi connectivity index (χ0) is 21.0. The second kappa shape index (κ2) is 8.07. The van der Waals surface area contributed by atoms with Crippen LogP contribution in [0.15, 0.2) is 38.9 Å². The summed E-state index contributed by atoms with van der Waals surface area (Å²) in [6.07, 6.45) is -11.8. The molecule has 27 heavy (non-hydrogen) atoms. The molecule has 146 valence electrons. The fraction of sp³-hybridized carbons (Fsp3) is 0.167. The molecule has 0 spiro atoms. The molecule has 1 aromatic carbocycles. The van der Waals surface area contributed by atoms with Gasteiger partial charge in [-0.15, -0.1) is 0 Å². The van der Waals surface area contributed by atoms with E-state index in [1.54, 1.807) is 0 Å². The van der Waals surface area contributed by atoms with E-state index >= 15 is 0 Å². The maximum absolute atomic E-state index is 12.5. The Morgan fingerprint density at radius 3 is 2.19 bits per heavy atom. The number of nitro benzene ring substituents is 1. The highest BCUT2D eigenvalue weighted by Crippen LogP contribution is 2.33. The van der Waals surface area contributed by atoms with Crippen molar-refractivity contribution in [3.8, 4) is 0 Å². The lowest BCUT2D eigenvalue weighted by Crippen LogP contribution is -2.29. The molecule has 0 unspecified atom stereocenters. The van der Waals surface area contributed by atoms with Crippen molar-refractivity contribution in [1.82, 2.24) is 0 Å². The Labute approximate surface area is 148 Å². The number of halogens is 6. The molecule has 0 bridgehead atoms. The molecule has 1 rings (SSSR count). The molecule has 0 heterocycles. The number of non-ortho nitro benzene ring substituents is 1. The van der Waals surface area contributed by atoms with Crippen LogP contribution < -0.4 is 0 Å². The molecular formula is C12H5F6N3O5S. The number of aliphatic imine (C=N–C) groups is 1. The van der Waals surface area contributed by atoms with Crippen molar-refractivity contribution in [3.05, 3.63) is 39.6 Å². The van der Waals surface area contributed by atoms with Crippen molar-refractivity contribution in [2.45, 2.75) is 12.4 Å². The summed E-state index contributed by atoms with van der Waals surface area (Å²) in [6, 6.07) is 2.29. The highest BCUT2D eigenvalue weighted by atomic mass is 32.1. The predicted molar refractivity (Wildman–Crippen MR) is 78.3 cm³/mol. The van der Waals surface area contributed by atoms with E-state index in [9.17, 15) is 45.5 Å². The van der Waals surface area contributed by atoms with Gasteiger partial charge >= 0.3 is 12.4 Å². The SMILES string of the molecule is O=S=Nc1ccc([N+](=O)[O-])cc1N=C/C(C(=O)C(F)(F)F)=C(/O)C(F)(F)F. The molecule has 0 amide bonds. The molecule has 1 aromatic rings. The van der Waals surface area contributed by atoms with Crippen LogP contribution in [-0.2, 0) is 16.3 Å². The molecule has 0 saturated carbocycles. The van der Waals surface area contributed by atoms with Gasteiger partial charge in [0.25, 0.3) is 11.5 Å². The lowest BCUT2D eigenvalue weighted by molar-refractivity contribution is -0.384. The Morgan fingerprint density at radius 2 is 1.74 bits per heavy atom. The van der Waals surface area contributed by atoms with Crippen LogP contribution in [-0.4, -0.2) is 38.6 Å². The van der Waals surface area contributed by atoms with Crippen LogP contribution in [0.1, 0.15) is 0 Å². The molecule has 0 aliphatic rings. The van der Waals surface area contributed by atoms with Crippen molar-refractivity contribution in [1.29, 1.82) is 0 Å². The van der Waals surface area contributed by atoms with Gasteiger partial charge in [-0.1, -0.05) is 0 Å². The Hall–Kier alpha value is -3.10. The van der Waals surface area contributed by atoms with Gasteiger partial charge < -0.3 is 5.11 Å². The minimum atomic E-state index is -5.78. The van der Waals surface area contributed by atoms with Gasteiger partial charge in [-0.05, 0) is 6.07 Å². The number of rotatable bonds is 5. The lowest BCUT2D eigenvalue weighted by Gasteiger charge is -2.11. The van der Waals surface area contributed by atoms with Gasteiger partial charge in [0.05, 0.1) is 16.2 Å². The minimum Gasteiger partial charge on any atom is -0.504 e. The first-order valence-electron chi connectivity index (χ1n) is 6.23. The quantitative estimate of drug-likeness (QED) is 0.195. The summed E-state index contributed by atoms with van der Waals surface area (Å²) >= 11 is -0.419. The number of aliphatic hydroxyl groups is 1. The van der Waals surface area contributed by atoms with Crippen LogP contribution in [0.25, 0.3) is 0 Å². The third-order valence-corrected chi connectivity index (χ3v) is 2.94. The van der Waals surface area contributed by atoms with E-state index in [1.807, 2.05) is 0 Å². The van der Waals surface area contributed by atoms with Crippen LogP contribution in [0, 0.1) is 10.1 Å². The molecule has 15 heteroatoms. The van der Waals surface area contributed by atoms with Gasteiger partial charge in [0.15, 0.2) is 0 Å². The van der Waals surface area contributed by atoms with Crippen LogP contribution >= 0.6 is 0 Å². The van der Waals surface area contributed by atoms with E-state index in [0.29, 0.717) is 6.07 Å². The highest BCUT2D eigenvalue weighted by Gasteiger charge is 2.46. The standard InChI is InChI=1S/C12H5F6N3O5S/c13-11(14,15)9(22)6(10(23)12(16,17)18)4-19-8-3-5(21(24)25)1-2-7(8)20-27-26/h1-4,22H/b9-6-,19-4?. The van der Waals surface area contributed by atoms with Crippen molar-refractivity contribution in [3.63, 3.8) is 0 Å². The molecule has 0 aromatic heterocycles. The number of alkyl halides is 6. The van der Waals surface area contributed by atoms with Crippen molar-refractivity contribution < 1.29 is 45.4 Å². The maximum Gasteiger partial charge on any atom is 0.455 e. The summed E-state index contributed by atoms with van der Waals surface area (Å²) in [7, 11) is 0.